The van der Waals surface area contributed by atoms with E-state index in [1.54, 1.807) is 18.7 Å². The molecule has 2 aromatic carbocycles. The van der Waals surface area contributed by atoms with Crippen molar-refractivity contribution in [3.63, 3.8) is 0 Å². The number of carbonyl (C=O) groups excluding carboxylic acids is 1. The summed E-state index contributed by atoms with van der Waals surface area (Å²) in [7, 11) is 0. The number of nitrogens with two attached hydrogens (primary N) is 1. The van der Waals surface area contributed by atoms with Gasteiger partial charge >= 0.3 is 5.97 Å². The maximum absolute atomic E-state index is 12.8. The Morgan fingerprint density at radius 3 is 2.67 bits per heavy atom. The second-order valence-electron chi connectivity index (χ2n) is 9.80. The fourth-order valence-electron chi connectivity index (χ4n) is 4.81. The van der Waals surface area contributed by atoms with Gasteiger partial charge < -0.3 is 30.9 Å². The molecule has 2 aromatic rings. The fourth-order valence-corrected chi connectivity index (χ4v) is 5.83. The van der Waals surface area contributed by atoms with Gasteiger partial charge in [0, 0.05) is 60.0 Å². The first-order chi connectivity index (χ1) is 18.9. The number of benzene rings is 2. The van der Waals surface area contributed by atoms with Crippen molar-refractivity contribution in [3.05, 3.63) is 54.1 Å². The van der Waals surface area contributed by atoms with Crippen molar-refractivity contribution in [2.45, 2.75) is 35.2 Å². The van der Waals surface area contributed by atoms with Crippen LogP contribution in [-0.2, 0) is 14.3 Å². The highest BCUT2D eigenvalue weighted by atomic mass is 32.2. The number of aliphatic hydroxyl groups excluding tert-OH is 1. The van der Waals surface area contributed by atoms with Crippen LogP contribution in [0, 0.1) is 5.92 Å². The number of hydrogen-bond acceptors (Lipinski definition) is 9. The van der Waals surface area contributed by atoms with Crippen LogP contribution in [0.4, 0.5) is 5.69 Å². The molecule has 10 nitrogen and oxygen atoms in total. The average Bonchev–Trinajstić information content (AvgIpc) is 3.11. The van der Waals surface area contributed by atoms with Crippen LogP contribution in [0.5, 0.6) is 0 Å². The van der Waals surface area contributed by atoms with Gasteiger partial charge in [0.05, 0.1) is 25.5 Å². The molecule has 0 saturated carbocycles. The van der Waals surface area contributed by atoms with Crippen LogP contribution in [0.1, 0.15) is 18.9 Å². The maximum atomic E-state index is 12.8. The number of nitrogens with zero attached hydrogens (tertiary/aromatic N) is 3. The van der Waals surface area contributed by atoms with Crippen LogP contribution in [0.15, 0.2) is 63.3 Å². The first-order valence-electron chi connectivity index (χ1n) is 13.3. The zero-order chi connectivity index (χ0) is 27.8. The summed E-state index contributed by atoms with van der Waals surface area (Å²) in [5, 5.41) is 21.2. The van der Waals surface area contributed by atoms with Crippen molar-refractivity contribution >= 4 is 35.2 Å². The Bertz CT molecular complexity index is 1180. The highest BCUT2D eigenvalue weighted by Gasteiger charge is 2.32. The van der Waals surface area contributed by atoms with E-state index in [9.17, 15) is 9.59 Å². The molecule has 0 radical (unpaired) electrons. The molecule has 210 valence electrons. The van der Waals surface area contributed by atoms with Crippen molar-refractivity contribution in [2.24, 2.45) is 16.6 Å². The van der Waals surface area contributed by atoms with Crippen LogP contribution < -0.4 is 11.1 Å². The van der Waals surface area contributed by atoms with E-state index in [1.807, 2.05) is 30.3 Å². The van der Waals surface area contributed by atoms with Crippen molar-refractivity contribution in [1.82, 2.24) is 15.1 Å². The molecule has 3 atom stereocenters. The summed E-state index contributed by atoms with van der Waals surface area (Å²) in [5.41, 5.74) is 7.65. The number of amides is 1. The summed E-state index contributed by atoms with van der Waals surface area (Å²) >= 11 is 1.71. The van der Waals surface area contributed by atoms with Crippen molar-refractivity contribution in [2.75, 3.05) is 52.5 Å². The van der Waals surface area contributed by atoms with Gasteiger partial charge in [-0.05, 0) is 24.6 Å². The summed E-state index contributed by atoms with van der Waals surface area (Å²) in [6.07, 6.45) is 0.0708. The minimum Gasteiger partial charge on any atom is -0.480 e. The first-order valence-corrected chi connectivity index (χ1v) is 14.1. The second-order valence-corrected chi connectivity index (χ2v) is 10.9. The minimum atomic E-state index is -1.11. The van der Waals surface area contributed by atoms with Gasteiger partial charge in [0.15, 0.2) is 0 Å². The molecule has 1 saturated heterocycles. The number of nitrogens with one attached hydrogen (secondary N) is 1. The molecule has 0 spiro atoms. The molecule has 39 heavy (non-hydrogen) atoms. The quantitative estimate of drug-likeness (QED) is 0.305. The van der Waals surface area contributed by atoms with Gasteiger partial charge in [0.2, 0.25) is 5.91 Å². The SMILES string of the molecule is CC(CC(N)C(=O)O)C(=O)NCC1CN(C2=Nc3ccccc3Sc3ccccc32)CCN1CCOCCO. The highest BCUT2D eigenvalue weighted by molar-refractivity contribution is 7.99. The Kier molecular flexibility index (Phi) is 10.4. The molecular weight excluding hydrogens is 518 g/mol. The number of carboxylic acids is 1. The normalized spacial score (nSPS) is 18.8. The molecule has 0 aromatic heterocycles. The van der Waals surface area contributed by atoms with Crippen molar-refractivity contribution in [1.29, 1.82) is 0 Å². The number of carbonyl (C=O) groups is 2. The van der Waals surface area contributed by atoms with Gasteiger partial charge in [-0.2, -0.15) is 0 Å². The molecule has 1 fully saturated rings. The van der Waals surface area contributed by atoms with Crippen LogP contribution >= 0.6 is 11.8 Å². The Hall–Kier alpha value is -2.96. The van der Waals surface area contributed by atoms with Crippen LogP contribution in [-0.4, -0.2) is 102 Å². The second kappa shape index (κ2) is 13.9. The number of carboxylic acid groups (broad SMARTS) is 1. The number of aliphatic carboxylic acids is 1. The monoisotopic (exact) mass is 555 g/mol. The Morgan fingerprint density at radius 1 is 1.15 bits per heavy atom. The van der Waals surface area contributed by atoms with Gasteiger partial charge in [-0.15, -0.1) is 0 Å². The standard InChI is InChI=1S/C28H37N5O5S/c1-19(16-22(29)28(36)37)27(35)30-17-20-18-33(11-10-32(20)12-14-38-15-13-34)26-21-6-2-4-8-24(21)39-25-9-5-3-7-23(25)31-26/h2-9,19-20,22,34H,10-18,29H2,1H3,(H,30,35)(H,36,37). The molecule has 4 rings (SSSR count). The number of ether oxygens (including phenoxy) is 1. The number of piperazine rings is 1. The topological polar surface area (TPSA) is 141 Å². The van der Waals surface area contributed by atoms with E-state index in [-0.39, 0.29) is 31.6 Å². The lowest BCUT2D eigenvalue weighted by Crippen LogP contribution is -2.59. The third-order valence-corrected chi connectivity index (χ3v) is 8.13. The van der Waals surface area contributed by atoms with E-state index < -0.39 is 17.9 Å². The van der Waals surface area contributed by atoms with E-state index in [4.69, 9.17) is 25.7 Å². The third-order valence-electron chi connectivity index (χ3n) is 6.99. The number of rotatable bonds is 11. The summed E-state index contributed by atoms with van der Waals surface area (Å²) in [5.74, 6) is -0.946. The number of amidine groups is 1. The number of hydrogen-bond donors (Lipinski definition) is 4. The fraction of sp³-hybridized carbons (Fsp3) is 0.464. The molecule has 5 N–H and O–H groups in total. The summed E-state index contributed by atoms with van der Waals surface area (Å²) in [6, 6.07) is 15.3. The molecule has 2 heterocycles. The van der Waals surface area contributed by atoms with Crippen molar-refractivity contribution in [3.8, 4) is 0 Å². The Morgan fingerprint density at radius 2 is 1.90 bits per heavy atom. The third kappa shape index (κ3) is 7.58. The molecule has 2 aliphatic heterocycles. The van der Waals surface area contributed by atoms with Crippen molar-refractivity contribution < 1.29 is 24.5 Å². The Labute approximate surface area is 233 Å². The maximum Gasteiger partial charge on any atom is 0.320 e. The predicted molar refractivity (Wildman–Crippen MR) is 150 cm³/mol. The number of aliphatic hydroxyl groups is 1. The van der Waals surface area contributed by atoms with Crippen LogP contribution in [0.2, 0.25) is 0 Å². The van der Waals surface area contributed by atoms with Gasteiger partial charge in [-0.1, -0.05) is 49.0 Å². The minimum absolute atomic E-state index is 0.0254. The molecule has 1 amide bonds. The number of fused-ring (bicyclic) bond motifs is 2. The predicted octanol–water partition coefficient (Wildman–Crippen LogP) is 1.78. The lowest BCUT2D eigenvalue weighted by molar-refractivity contribution is -0.139. The summed E-state index contributed by atoms with van der Waals surface area (Å²) in [6.45, 7) is 5.63. The van der Waals surface area contributed by atoms with Gasteiger partial charge in [-0.3, -0.25) is 14.5 Å². The van der Waals surface area contributed by atoms with E-state index in [0.717, 1.165) is 40.0 Å². The smallest absolute Gasteiger partial charge is 0.320 e. The van der Waals surface area contributed by atoms with Crippen LogP contribution in [0.3, 0.4) is 0 Å². The number of para-hydroxylation sites is 1. The van der Waals surface area contributed by atoms with Gasteiger partial charge in [0.1, 0.15) is 11.9 Å². The zero-order valence-electron chi connectivity index (χ0n) is 22.2. The lowest BCUT2D eigenvalue weighted by Gasteiger charge is -2.43. The average molecular weight is 556 g/mol. The van der Waals surface area contributed by atoms with Gasteiger partial charge in [0.25, 0.3) is 0 Å². The highest BCUT2D eigenvalue weighted by Crippen LogP contribution is 2.40. The van der Waals surface area contributed by atoms with E-state index >= 15 is 0 Å². The molecule has 3 unspecified atom stereocenters. The van der Waals surface area contributed by atoms with Gasteiger partial charge in [-0.25, -0.2) is 4.99 Å². The van der Waals surface area contributed by atoms with E-state index in [0.29, 0.717) is 26.2 Å². The lowest BCUT2D eigenvalue weighted by atomic mass is 10.0. The Balaban J connectivity index is 1.52. The molecule has 11 heteroatoms. The summed E-state index contributed by atoms with van der Waals surface area (Å²) < 4.78 is 5.52. The molecule has 0 bridgehead atoms. The molecular formula is C28H37N5O5S. The number of aliphatic imine (C=N–C) groups is 1. The summed E-state index contributed by atoms with van der Waals surface area (Å²) in [4.78, 5) is 35.9. The zero-order valence-corrected chi connectivity index (χ0v) is 23.0. The van der Waals surface area contributed by atoms with E-state index in [1.165, 1.54) is 0 Å². The van der Waals surface area contributed by atoms with Crippen LogP contribution in [0.25, 0.3) is 0 Å². The first kappa shape index (κ1) is 29.0. The molecule has 2 aliphatic rings. The van der Waals surface area contributed by atoms with E-state index in [2.05, 4.69) is 33.3 Å². The largest absolute Gasteiger partial charge is 0.480 e. The molecule has 0 aliphatic carbocycles.